The van der Waals surface area contributed by atoms with Crippen LogP contribution in [0.4, 0.5) is 10.5 Å². The Balaban J connectivity index is 2.01. The first-order chi connectivity index (χ1) is 10.6. The molecule has 3 rings (SSSR count). The summed E-state index contributed by atoms with van der Waals surface area (Å²) in [6.45, 7) is 0. The molecular formula is C15H9ClN2O3S. The van der Waals surface area contributed by atoms with Gasteiger partial charge in [0, 0.05) is 9.90 Å². The highest BCUT2D eigenvalue weighted by Crippen LogP contribution is 2.24. The lowest BCUT2D eigenvalue weighted by Gasteiger charge is -2.26. The standard InChI is InChI=1S/C15H9ClN2O3S/c16-9-3-5-10(6-4-9)18-14(20)12(13(19)17-15(18)21)8-11-2-1-7-22-11/h1-8H,(H,17,19,21)/b12-8-. The summed E-state index contributed by atoms with van der Waals surface area (Å²) in [5.74, 6) is -1.36. The van der Waals surface area contributed by atoms with Crippen LogP contribution < -0.4 is 10.2 Å². The van der Waals surface area contributed by atoms with Crippen molar-refractivity contribution in [1.29, 1.82) is 0 Å². The minimum Gasteiger partial charge on any atom is -0.273 e. The van der Waals surface area contributed by atoms with Crippen molar-refractivity contribution in [2.45, 2.75) is 0 Å². The van der Waals surface area contributed by atoms with Crippen molar-refractivity contribution in [3.05, 3.63) is 57.3 Å². The zero-order chi connectivity index (χ0) is 15.7. The fourth-order valence-electron chi connectivity index (χ4n) is 2.00. The number of imide groups is 2. The third-order valence-corrected chi connectivity index (χ3v) is 4.09. The molecule has 110 valence electrons. The summed E-state index contributed by atoms with van der Waals surface area (Å²) in [5, 5.41) is 4.48. The number of urea groups is 1. The summed E-state index contributed by atoms with van der Waals surface area (Å²) < 4.78 is 0. The van der Waals surface area contributed by atoms with Gasteiger partial charge in [-0.1, -0.05) is 17.7 Å². The molecule has 4 amide bonds. The predicted molar refractivity (Wildman–Crippen MR) is 84.8 cm³/mol. The van der Waals surface area contributed by atoms with Crippen LogP contribution in [0.25, 0.3) is 6.08 Å². The maximum atomic E-state index is 12.5. The van der Waals surface area contributed by atoms with E-state index in [9.17, 15) is 14.4 Å². The monoisotopic (exact) mass is 332 g/mol. The number of benzene rings is 1. The number of hydrogen-bond acceptors (Lipinski definition) is 4. The topological polar surface area (TPSA) is 66.5 Å². The first-order valence-electron chi connectivity index (χ1n) is 6.27. The highest BCUT2D eigenvalue weighted by Gasteiger charge is 2.36. The van der Waals surface area contributed by atoms with E-state index in [0.717, 1.165) is 9.78 Å². The van der Waals surface area contributed by atoms with Crippen molar-refractivity contribution in [3.63, 3.8) is 0 Å². The van der Waals surface area contributed by atoms with Gasteiger partial charge in [-0.2, -0.15) is 0 Å². The Morgan fingerprint density at radius 1 is 1.09 bits per heavy atom. The molecule has 0 aliphatic carbocycles. The van der Waals surface area contributed by atoms with Crippen molar-refractivity contribution < 1.29 is 14.4 Å². The first kappa shape index (κ1) is 14.5. The van der Waals surface area contributed by atoms with E-state index in [1.807, 2.05) is 11.4 Å². The molecule has 0 atom stereocenters. The van der Waals surface area contributed by atoms with Crippen LogP contribution in [0.5, 0.6) is 0 Å². The molecule has 1 fully saturated rings. The van der Waals surface area contributed by atoms with E-state index in [1.165, 1.54) is 17.4 Å². The third-order valence-electron chi connectivity index (χ3n) is 3.02. The van der Waals surface area contributed by atoms with Crippen LogP contribution in [0.1, 0.15) is 4.88 Å². The van der Waals surface area contributed by atoms with E-state index in [4.69, 9.17) is 11.6 Å². The van der Waals surface area contributed by atoms with Crippen molar-refractivity contribution >= 4 is 52.5 Å². The van der Waals surface area contributed by atoms with Crippen LogP contribution in [0.15, 0.2) is 47.4 Å². The van der Waals surface area contributed by atoms with Gasteiger partial charge in [-0.05, 0) is 41.8 Å². The number of nitrogens with one attached hydrogen (secondary N) is 1. The minimum atomic E-state index is -0.777. The summed E-state index contributed by atoms with van der Waals surface area (Å²) in [4.78, 5) is 38.0. The van der Waals surface area contributed by atoms with E-state index in [-0.39, 0.29) is 5.57 Å². The molecule has 7 heteroatoms. The summed E-state index contributed by atoms with van der Waals surface area (Å²) in [6, 6.07) is 9.02. The molecule has 1 aliphatic rings. The number of hydrogen-bond donors (Lipinski definition) is 1. The van der Waals surface area contributed by atoms with Gasteiger partial charge < -0.3 is 0 Å². The summed E-state index contributed by atoms with van der Waals surface area (Å²) in [7, 11) is 0. The van der Waals surface area contributed by atoms with Crippen LogP contribution in [-0.4, -0.2) is 17.8 Å². The first-order valence-corrected chi connectivity index (χ1v) is 7.52. The van der Waals surface area contributed by atoms with Crippen LogP contribution in [0, 0.1) is 0 Å². The molecule has 22 heavy (non-hydrogen) atoms. The van der Waals surface area contributed by atoms with Crippen molar-refractivity contribution in [2.24, 2.45) is 0 Å². The molecule has 0 bridgehead atoms. The van der Waals surface area contributed by atoms with Crippen molar-refractivity contribution in [3.8, 4) is 0 Å². The zero-order valence-corrected chi connectivity index (χ0v) is 12.6. The molecular weight excluding hydrogens is 324 g/mol. The smallest absolute Gasteiger partial charge is 0.273 e. The largest absolute Gasteiger partial charge is 0.335 e. The Kier molecular flexibility index (Phi) is 3.79. The molecule has 1 saturated heterocycles. The molecule has 2 aromatic rings. The fourth-order valence-corrected chi connectivity index (χ4v) is 2.78. The number of thiophene rings is 1. The maximum Gasteiger partial charge on any atom is 0.335 e. The van der Waals surface area contributed by atoms with Gasteiger partial charge in [-0.25, -0.2) is 9.69 Å². The molecule has 1 aromatic heterocycles. The Bertz CT molecular complexity index is 782. The molecule has 5 nitrogen and oxygen atoms in total. The lowest BCUT2D eigenvalue weighted by Crippen LogP contribution is -2.54. The molecule has 0 saturated carbocycles. The van der Waals surface area contributed by atoms with Gasteiger partial charge in [0.05, 0.1) is 5.69 Å². The Labute approximate surface area is 134 Å². The van der Waals surface area contributed by atoms with Crippen LogP contribution >= 0.6 is 22.9 Å². The molecule has 1 aromatic carbocycles. The molecule has 1 N–H and O–H groups in total. The lowest BCUT2D eigenvalue weighted by atomic mass is 10.1. The zero-order valence-electron chi connectivity index (χ0n) is 11.1. The average Bonchev–Trinajstić information content (AvgIpc) is 2.98. The number of rotatable bonds is 2. The average molecular weight is 333 g/mol. The molecule has 1 aliphatic heterocycles. The van der Waals surface area contributed by atoms with Gasteiger partial charge in [0.25, 0.3) is 11.8 Å². The molecule has 0 spiro atoms. The van der Waals surface area contributed by atoms with Gasteiger partial charge in [0.2, 0.25) is 0 Å². The second-order valence-corrected chi connectivity index (χ2v) is 5.87. The predicted octanol–water partition coefficient (Wildman–Crippen LogP) is 3.07. The highest BCUT2D eigenvalue weighted by atomic mass is 35.5. The lowest BCUT2D eigenvalue weighted by molar-refractivity contribution is -0.122. The second kappa shape index (κ2) is 5.75. The van der Waals surface area contributed by atoms with E-state index < -0.39 is 17.8 Å². The highest BCUT2D eigenvalue weighted by molar-refractivity contribution is 7.10. The van der Waals surface area contributed by atoms with Crippen LogP contribution in [0.3, 0.4) is 0 Å². The van der Waals surface area contributed by atoms with Crippen LogP contribution in [-0.2, 0) is 9.59 Å². The third kappa shape index (κ3) is 2.66. The number of amides is 4. The normalized spacial score (nSPS) is 17.0. The van der Waals surface area contributed by atoms with E-state index in [0.29, 0.717) is 10.7 Å². The van der Waals surface area contributed by atoms with Crippen molar-refractivity contribution in [2.75, 3.05) is 4.90 Å². The number of nitrogens with zero attached hydrogens (tertiary/aromatic N) is 1. The van der Waals surface area contributed by atoms with Crippen molar-refractivity contribution in [1.82, 2.24) is 5.32 Å². The van der Waals surface area contributed by atoms with E-state index >= 15 is 0 Å². The summed E-state index contributed by atoms with van der Waals surface area (Å²) in [5.41, 5.74) is 0.258. The summed E-state index contributed by atoms with van der Waals surface area (Å²) in [6.07, 6.45) is 1.47. The van der Waals surface area contributed by atoms with Gasteiger partial charge >= 0.3 is 6.03 Å². The molecule has 2 heterocycles. The number of carbonyl (C=O) groups is 3. The van der Waals surface area contributed by atoms with E-state index in [1.54, 1.807) is 30.3 Å². The fraction of sp³-hybridized carbons (Fsp3) is 0. The Hall–Kier alpha value is -2.44. The van der Waals surface area contributed by atoms with Gasteiger partial charge in [0.1, 0.15) is 5.57 Å². The second-order valence-electron chi connectivity index (χ2n) is 4.45. The van der Waals surface area contributed by atoms with Crippen LogP contribution in [0.2, 0.25) is 5.02 Å². The maximum absolute atomic E-state index is 12.5. The Morgan fingerprint density at radius 2 is 1.82 bits per heavy atom. The minimum absolute atomic E-state index is 0.0861. The number of barbiturate groups is 1. The SMILES string of the molecule is O=C1NC(=O)N(c2ccc(Cl)cc2)C(=O)/C1=C\c1cccs1. The summed E-state index contributed by atoms with van der Waals surface area (Å²) >= 11 is 7.19. The number of anilines is 1. The van der Waals surface area contributed by atoms with E-state index in [2.05, 4.69) is 5.32 Å². The number of carbonyl (C=O) groups excluding carboxylic acids is 3. The van der Waals surface area contributed by atoms with Gasteiger partial charge in [-0.3, -0.25) is 14.9 Å². The van der Waals surface area contributed by atoms with Gasteiger partial charge in [0.15, 0.2) is 0 Å². The number of halogens is 1. The Morgan fingerprint density at radius 3 is 2.45 bits per heavy atom. The van der Waals surface area contributed by atoms with Gasteiger partial charge in [-0.15, -0.1) is 11.3 Å². The quantitative estimate of drug-likeness (QED) is 0.679. The molecule has 0 unspecified atom stereocenters. The molecule has 0 radical (unpaired) electrons.